The Bertz CT molecular complexity index is 1210. The van der Waals surface area contributed by atoms with Crippen molar-refractivity contribution in [3.05, 3.63) is 66.1 Å². The average Bonchev–Trinajstić information content (AvgIpc) is 3.22. The molecule has 0 amide bonds. The Hall–Kier alpha value is -4.52. The zero-order valence-electron chi connectivity index (χ0n) is 16.5. The summed E-state index contributed by atoms with van der Waals surface area (Å²) in [5, 5.41) is 16.9. The number of hydrogen-bond acceptors (Lipinski definition) is 9. The lowest BCUT2D eigenvalue weighted by Crippen LogP contribution is -2.11. The van der Waals surface area contributed by atoms with Crippen molar-refractivity contribution < 1.29 is 4.74 Å². The van der Waals surface area contributed by atoms with Crippen LogP contribution in [-0.4, -0.2) is 44.3 Å². The second-order valence-corrected chi connectivity index (χ2v) is 6.36. The van der Waals surface area contributed by atoms with Gasteiger partial charge in [-0.25, -0.2) is 5.43 Å². The number of H-pyrrole nitrogens is 1. The minimum atomic E-state index is 0.0510. The Kier molecular flexibility index (Phi) is 6.25. The molecule has 3 heterocycles. The normalized spacial score (nSPS) is 10.8. The number of nitrogens with one attached hydrogen (secondary N) is 3. The van der Waals surface area contributed by atoms with E-state index in [1.165, 1.54) is 0 Å². The lowest BCUT2D eigenvalue weighted by Gasteiger charge is -2.08. The number of ether oxygens (including phenoxy) is 1. The van der Waals surface area contributed by atoms with E-state index in [-0.39, 0.29) is 24.5 Å². The molecule has 0 aliphatic rings. The predicted molar refractivity (Wildman–Crippen MR) is 117 cm³/mol. The molecule has 0 aliphatic carbocycles. The molecule has 0 saturated carbocycles. The summed E-state index contributed by atoms with van der Waals surface area (Å²) >= 11 is 0. The van der Waals surface area contributed by atoms with Crippen LogP contribution in [0.4, 0.5) is 11.9 Å². The third-order valence-electron chi connectivity index (χ3n) is 4.25. The standard InChI is InChI=1S/C21H19N9O/c22-9-11-24-19-27-20(29-21(28-19)31-12-8-16-5-3-4-10-23-16)30-26-14-15-13-25-18-7-2-1-6-17(15)18/h1-7,10,13-14,25H,8,11-12H2,(H2,24,27,28,29,30). The minimum Gasteiger partial charge on any atom is -0.463 e. The first kappa shape index (κ1) is 19.8. The smallest absolute Gasteiger partial charge is 0.323 e. The summed E-state index contributed by atoms with van der Waals surface area (Å²) in [6.07, 6.45) is 5.88. The zero-order valence-corrected chi connectivity index (χ0v) is 16.5. The molecule has 31 heavy (non-hydrogen) atoms. The van der Waals surface area contributed by atoms with Gasteiger partial charge in [0.1, 0.15) is 6.54 Å². The van der Waals surface area contributed by atoms with E-state index in [1.807, 2.05) is 54.7 Å². The molecule has 1 aromatic carbocycles. The number of nitrogens with zero attached hydrogens (tertiary/aromatic N) is 6. The van der Waals surface area contributed by atoms with Crippen molar-refractivity contribution in [2.45, 2.75) is 6.42 Å². The third-order valence-corrected chi connectivity index (χ3v) is 4.25. The summed E-state index contributed by atoms with van der Waals surface area (Å²) < 4.78 is 5.66. The number of benzene rings is 1. The fourth-order valence-corrected chi connectivity index (χ4v) is 2.82. The predicted octanol–water partition coefficient (Wildman–Crippen LogP) is 2.75. The van der Waals surface area contributed by atoms with Crippen LogP contribution in [0.2, 0.25) is 0 Å². The number of aromatic amines is 1. The Morgan fingerprint density at radius 3 is 2.84 bits per heavy atom. The van der Waals surface area contributed by atoms with Crippen LogP contribution in [0.15, 0.2) is 60.0 Å². The van der Waals surface area contributed by atoms with E-state index in [2.05, 4.69) is 40.8 Å². The molecule has 154 valence electrons. The van der Waals surface area contributed by atoms with Crippen molar-refractivity contribution in [2.24, 2.45) is 5.10 Å². The van der Waals surface area contributed by atoms with Crippen molar-refractivity contribution in [2.75, 3.05) is 23.9 Å². The quantitative estimate of drug-likeness (QED) is 0.216. The number of para-hydroxylation sites is 1. The number of anilines is 2. The van der Waals surface area contributed by atoms with Crippen LogP contribution in [0, 0.1) is 11.3 Å². The topological polar surface area (TPSA) is 137 Å². The van der Waals surface area contributed by atoms with Gasteiger partial charge in [0.05, 0.1) is 18.9 Å². The third kappa shape index (κ3) is 5.30. The van der Waals surface area contributed by atoms with Gasteiger partial charge >= 0.3 is 6.01 Å². The van der Waals surface area contributed by atoms with Crippen LogP contribution >= 0.6 is 0 Å². The van der Waals surface area contributed by atoms with Crippen LogP contribution in [0.25, 0.3) is 10.9 Å². The second-order valence-electron chi connectivity index (χ2n) is 6.36. The number of rotatable bonds is 9. The Morgan fingerprint density at radius 2 is 1.97 bits per heavy atom. The van der Waals surface area contributed by atoms with Crippen LogP contribution in [0.3, 0.4) is 0 Å². The molecule has 0 aliphatic heterocycles. The van der Waals surface area contributed by atoms with Gasteiger partial charge in [0.25, 0.3) is 5.95 Å². The van der Waals surface area contributed by atoms with E-state index < -0.39 is 0 Å². The van der Waals surface area contributed by atoms with E-state index in [0.717, 1.165) is 22.2 Å². The number of pyridine rings is 1. The summed E-state index contributed by atoms with van der Waals surface area (Å²) in [5.74, 6) is 0.411. The highest BCUT2D eigenvalue weighted by molar-refractivity contribution is 5.99. The van der Waals surface area contributed by atoms with E-state index in [0.29, 0.717) is 13.0 Å². The lowest BCUT2D eigenvalue weighted by atomic mass is 10.2. The van der Waals surface area contributed by atoms with Crippen LogP contribution in [0.1, 0.15) is 11.3 Å². The molecule has 0 saturated heterocycles. The number of hydrogen-bond donors (Lipinski definition) is 3. The molecular formula is C21H19N9O. The van der Waals surface area contributed by atoms with E-state index in [9.17, 15) is 0 Å². The monoisotopic (exact) mass is 413 g/mol. The number of fused-ring (bicyclic) bond motifs is 1. The second kappa shape index (κ2) is 9.80. The van der Waals surface area contributed by atoms with Gasteiger partial charge in [-0.15, -0.1) is 0 Å². The molecule has 0 radical (unpaired) electrons. The molecule has 10 heteroatoms. The Balaban J connectivity index is 1.45. The molecule has 3 aromatic heterocycles. The summed E-state index contributed by atoms with van der Waals surface area (Å²) in [6, 6.07) is 15.7. The fraction of sp³-hybridized carbons (Fsp3) is 0.143. The molecule has 4 rings (SSSR count). The molecule has 0 spiro atoms. The van der Waals surface area contributed by atoms with Gasteiger partial charge in [-0.3, -0.25) is 4.98 Å². The van der Waals surface area contributed by atoms with Gasteiger partial charge in [-0.05, 0) is 18.2 Å². The molecule has 10 nitrogen and oxygen atoms in total. The number of nitriles is 1. The Labute approximate surface area is 178 Å². The minimum absolute atomic E-state index is 0.0510. The zero-order chi connectivity index (χ0) is 21.3. The van der Waals surface area contributed by atoms with Gasteiger partial charge in [-0.1, -0.05) is 24.3 Å². The highest BCUT2D eigenvalue weighted by atomic mass is 16.5. The van der Waals surface area contributed by atoms with Gasteiger partial charge in [0, 0.05) is 41.0 Å². The van der Waals surface area contributed by atoms with Crippen molar-refractivity contribution in [1.82, 2.24) is 24.9 Å². The van der Waals surface area contributed by atoms with Crippen molar-refractivity contribution in [1.29, 1.82) is 5.26 Å². The molecule has 0 unspecified atom stereocenters. The van der Waals surface area contributed by atoms with Crippen LogP contribution in [-0.2, 0) is 6.42 Å². The number of hydrazone groups is 1. The maximum atomic E-state index is 8.80. The SMILES string of the molecule is N#CCNc1nc(NN=Cc2c[nH]c3ccccc23)nc(OCCc2ccccn2)n1. The van der Waals surface area contributed by atoms with Crippen molar-refractivity contribution in [3.63, 3.8) is 0 Å². The largest absolute Gasteiger partial charge is 0.463 e. The first-order valence-electron chi connectivity index (χ1n) is 9.56. The van der Waals surface area contributed by atoms with Crippen LogP contribution < -0.4 is 15.5 Å². The first-order chi connectivity index (χ1) is 15.3. The van der Waals surface area contributed by atoms with E-state index in [1.54, 1.807) is 12.4 Å². The fourth-order valence-electron chi connectivity index (χ4n) is 2.82. The number of aromatic nitrogens is 5. The van der Waals surface area contributed by atoms with Crippen molar-refractivity contribution in [3.8, 4) is 12.1 Å². The summed E-state index contributed by atoms with van der Waals surface area (Å²) in [4.78, 5) is 20.1. The van der Waals surface area contributed by atoms with Gasteiger partial charge in [-0.2, -0.15) is 25.3 Å². The molecule has 0 fully saturated rings. The highest BCUT2D eigenvalue weighted by Gasteiger charge is 2.08. The van der Waals surface area contributed by atoms with Crippen molar-refractivity contribution >= 4 is 29.0 Å². The lowest BCUT2D eigenvalue weighted by molar-refractivity contribution is 0.295. The van der Waals surface area contributed by atoms with E-state index in [4.69, 9.17) is 10.00 Å². The van der Waals surface area contributed by atoms with Gasteiger partial charge in [0.15, 0.2) is 0 Å². The summed E-state index contributed by atoms with van der Waals surface area (Å²) in [5.41, 5.74) is 5.64. The average molecular weight is 413 g/mol. The first-order valence-corrected chi connectivity index (χ1v) is 9.56. The molecule has 0 atom stereocenters. The summed E-state index contributed by atoms with van der Waals surface area (Å²) in [7, 11) is 0. The summed E-state index contributed by atoms with van der Waals surface area (Å²) in [6.45, 7) is 0.395. The maximum Gasteiger partial charge on any atom is 0.323 e. The maximum absolute atomic E-state index is 8.80. The van der Waals surface area contributed by atoms with Gasteiger partial charge < -0.3 is 15.0 Å². The highest BCUT2D eigenvalue weighted by Crippen LogP contribution is 2.16. The molecule has 4 aromatic rings. The molecule has 0 bridgehead atoms. The Morgan fingerprint density at radius 1 is 1.10 bits per heavy atom. The van der Waals surface area contributed by atoms with Gasteiger partial charge in [0.2, 0.25) is 5.95 Å². The molecule has 3 N–H and O–H groups in total. The molecular weight excluding hydrogens is 394 g/mol. The van der Waals surface area contributed by atoms with Crippen LogP contribution in [0.5, 0.6) is 6.01 Å². The van der Waals surface area contributed by atoms with E-state index >= 15 is 0 Å².